The third-order valence-electron chi connectivity index (χ3n) is 2.19. The number of esters is 2. The number of carbonyl (C=O) groups is 2. The van der Waals surface area contributed by atoms with E-state index in [1.807, 2.05) is 0 Å². The molecule has 1 aliphatic heterocycles. The molecule has 1 rings (SSSR count). The van der Waals surface area contributed by atoms with Crippen LogP contribution in [0.3, 0.4) is 0 Å². The highest BCUT2D eigenvalue weighted by Crippen LogP contribution is 2.10. The molecule has 0 aromatic heterocycles. The maximum Gasteiger partial charge on any atom is 0.339 e. The van der Waals surface area contributed by atoms with Gasteiger partial charge in [0.1, 0.15) is 0 Å². The van der Waals surface area contributed by atoms with Crippen LogP contribution < -0.4 is 10.6 Å². The lowest BCUT2D eigenvalue weighted by Gasteiger charge is -2.33. The Morgan fingerprint density at radius 2 is 1.71 bits per heavy atom. The van der Waals surface area contributed by atoms with E-state index in [9.17, 15) is 9.59 Å². The number of methoxy groups -OCH3 is 2. The van der Waals surface area contributed by atoms with Crippen LogP contribution in [0.2, 0.25) is 0 Å². The van der Waals surface area contributed by atoms with Crippen molar-refractivity contribution >= 4 is 11.9 Å². The first-order valence-electron chi connectivity index (χ1n) is 4.30. The maximum absolute atomic E-state index is 11.5. The van der Waals surface area contributed by atoms with Crippen molar-refractivity contribution in [1.29, 1.82) is 0 Å². The molecule has 0 aromatic rings. The van der Waals surface area contributed by atoms with Crippen LogP contribution >= 0.6 is 0 Å². The summed E-state index contributed by atoms with van der Waals surface area (Å²) in [6, 6.07) is 0. The van der Waals surface area contributed by atoms with Crippen molar-refractivity contribution in [3.05, 3.63) is 0 Å². The average molecular weight is 202 g/mol. The van der Waals surface area contributed by atoms with Gasteiger partial charge >= 0.3 is 11.9 Å². The largest absolute Gasteiger partial charge is 0.467 e. The van der Waals surface area contributed by atoms with Gasteiger partial charge in [-0.1, -0.05) is 0 Å². The monoisotopic (exact) mass is 202 g/mol. The molecule has 0 bridgehead atoms. The number of nitrogens with one attached hydrogen (secondary N) is 2. The Hall–Kier alpha value is -1.14. The van der Waals surface area contributed by atoms with Gasteiger partial charge in [-0.2, -0.15) is 0 Å². The molecule has 0 aliphatic carbocycles. The fourth-order valence-corrected chi connectivity index (χ4v) is 1.42. The Balaban J connectivity index is 2.87. The number of hydrogen-bond donors (Lipinski definition) is 2. The second kappa shape index (κ2) is 4.39. The highest BCUT2D eigenvalue weighted by molar-refractivity contribution is 6.05. The quantitative estimate of drug-likeness (QED) is 0.409. The van der Waals surface area contributed by atoms with Gasteiger partial charge in [-0.15, -0.1) is 0 Å². The van der Waals surface area contributed by atoms with E-state index in [4.69, 9.17) is 0 Å². The van der Waals surface area contributed by atoms with Crippen LogP contribution in [0.25, 0.3) is 0 Å². The van der Waals surface area contributed by atoms with Gasteiger partial charge in [-0.25, -0.2) is 9.59 Å². The van der Waals surface area contributed by atoms with E-state index in [1.54, 1.807) is 0 Å². The molecular weight excluding hydrogens is 188 g/mol. The van der Waals surface area contributed by atoms with Crippen LogP contribution in [0.5, 0.6) is 0 Å². The van der Waals surface area contributed by atoms with Gasteiger partial charge in [0.05, 0.1) is 14.2 Å². The van der Waals surface area contributed by atoms with Crippen molar-refractivity contribution in [3.63, 3.8) is 0 Å². The van der Waals surface area contributed by atoms with E-state index in [0.717, 1.165) is 0 Å². The van der Waals surface area contributed by atoms with Crippen molar-refractivity contribution in [2.45, 2.75) is 5.54 Å². The Morgan fingerprint density at radius 3 is 2.07 bits per heavy atom. The van der Waals surface area contributed by atoms with E-state index in [1.165, 1.54) is 14.2 Å². The number of rotatable bonds is 2. The highest BCUT2D eigenvalue weighted by Gasteiger charge is 2.49. The molecule has 0 spiro atoms. The molecule has 14 heavy (non-hydrogen) atoms. The Kier molecular flexibility index (Phi) is 3.43. The summed E-state index contributed by atoms with van der Waals surface area (Å²) >= 11 is 0. The van der Waals surface area contributed by atoms with Crippen molar-refractivity contribution in [2.75, 3.05) is 33.9 Å². The summed E-state index contributed by atoms with van der Waals surface area (Å²) in [5.41, 5.74) is -1.39. The molecule has 0 saturated carbocycles. The third-order valence-corrected chi connectivity index (χ3v) is 2.19. The van der Waals surface area contributed by atoms with Gasteiger partial charge in [-0.3, -0.25) is 5.32 Å². The molecule has 2 N–H and O–H groups in total. The predicted octanol–water partition coefficient (Wildman–Crippen LogP) is -1.74. The van der Waals surface area contributed by atoms with Crippen molar-refractivity contribution in [3.8, 4) is 0 Å². The molecule has 1 saturated heterocycles. The molecule has 0 amide bonds. The Bertz CT molecular complexity index is 217. The predicted molar refractivity (Wildman–Crippen MR) is 47.6 cm³/mol. The molecule has 0 radical (unpaired) electrons. The highest BCUT2D eigenvalue weighted by atomic mass is 16.5. The minimum atomic E-state index is -1.39. The molecule has 0 aromatic carbocycles. The molecule has 1 fully saturated rings. The van der Waals surface area contributed by atoms with Gasteiger partial charge < -0.3 is 14.8 Å². The topological polar surface area (TPSA) is 76.7 Å². The first kappa shape index (κ1) is 10.9. The number of piperazine rings is 1. The van der Waals surface area contributed by atoms with Gasteiger partial charge in [0.15, 0.2) is 0 Å². The molecular formula is C8H14N2O4. The molecule has 6 nitrogen and oxygen atoms in total. The molecule has 1 heterocycles. The maximum atomic E-state index is 11.5. The molecule has 0 atom stereocenters. The van der Waals surface area contributed by atoms with Crippen LogP contribution in [-0.4, -0.2) is 51.3 Å². The first-order valence-corrected chi connectivity index (χ1v) is 4.30. The van der Waals surface area contributed by atoms with Crippen molar-refractivity contribution < 1.29 is 19.1 Å². The normalized spacial score (nSPS) is 19.9. The Morgan fingerprint density at radius 1 is 1.14 bits per heavy atom. The van der Waals surface area contributed by atoms with Crippen molar-refractivity contribution in [1.82, 2.24) is 10.6 Å². The second-order valence-corrected chi connectivity index (χ2v) is 2.99. The minimum Gasteiger partial charge on any atom is -0.467 e. The molecule has 80 valence electrons. The van der Waals surface area contributed by atoms with Crippen LogP contribution in [0, 0.1) is 0 Å². The zero-order valence-corrected chi connectivity index (χ0v) is 8.25. The van der Waals surface area contributed by atoms with Gasteiger partial charge in [0.25, 0.3) is 0 Å². The van der Waals surface area contributed by atoms with Gasteiger partial charge in [-0.05, 0) is 0 Å². The second-order valence-electron chi connectivity index (χ2n) is 2.99. The lowest BCUT2D eigenvalue weighted by atomic mass is 9.98. The smallest absolute Gasteiger partial charge is 0.339 e. The molecule has 1 aliphatic rings. The first-order chi connectivity index (χ1) is 6.67. The zero-order valence-electron chi connectivity index (χ0n) is 8.25. The van der Waals surface area contributed by atoms with Crippen LogP contribution in [0.15, 0.2) is 0 Å². The Labute approximate surface area is 81.9 Å². The van der Waals surface area contributed by atoms with Gasteiger partial charge in [0.2, 0.25) is 5.54 Å². The van der Waals surface area contributed by atoms with E-state index >= 15 is 0 Å². The van der Waals surface area contributed by atoms with E-state index in [2.05, 4.69) is 20.1 Å². The number of hydrogen-bond acceptors (Lipinski definition) is 6. The summed E-state index contributed by atoms with van der Waals surface area (Å²) in [6.45, 7) is 1.41. The summed E-state index contributed by atoms with van der Waals surface area (Å²) in [5.74, 6) is -1.26. The fourth-order valence-electron chi connectivity index (χ4n) is 1.42. The summed E-state index contributed by atoms with van der Waals surface area (Å²) in [5, 5.41) is 5.76. The third kappa shape index (κ3) is 1.71. The fraction of sp³-hybridized carbons (Fsp3) is 0.750. The standard InChI is InChI=1S/C8H14N2O4/c1-13-6(11)8(7(12)14-2)5-9-3-4-10-8/h9-10H,3-5H2,1-2H3. The van der Waals surface area contributed by atoms with E-state index in [0.29, 0.717) is 13.1 Å². The van der Waals surface area contributed by atoms with E-state index < -0.39 is 17.5 Å². The molecule has 6 heteroatoms. The van der Waals surface area contributed by atoms with Crippen LogP contribution in [0.1, 0.15) is 0 Å². The lowest BCUT2D eigenvalue weighted by Crippen LogP contribution is -2.68. The van der Waals surface area contributed by atoms with Crippen LogP contribution in [-0.2, 0) is 19.1 Å². The number of ether oxygens (including phenoxy) is 2. The summed E-state index contributed by atoms with van der Waals surface area (Å²) in [4.78, 5) is 22.9. The average Bonchev–Trinajstić information content (AvgIpc) is 2.27. The van der Waals surface area contributed by atoms with Crippen molar-refractivity contribution in [2.24, 2.45) is 0 Å². The summed E-state index contributed by atoms with van der Waals surface area (Å²) in [6.07, 6.45) is 0. The molecule has 0 unspecified atom stereocenters. The summed E-state index contributed by atoms with van der Waals surface area (Å²) < 4.78 is 9.15. The minimum absolute atomic E-state index is 0.187. The van der Waals surface area contributed by atoms with Crippen LogP contribution in [0.4, 0.5) is 0 Å². The number of carbonyl (C=O) groups excluding carboxylic acids is 2. The SMILES string of the molecule is COC(=O)C1(C(=O)OC)CNCCN1. The zero-order chi connectivity index (χ0) is 10.6. The lowest BCUT2D eigenvalue weighted by molar-refractivity contribution is -0.163. The van der Waals surface area contributed by atoms with Gasteiger partial charge in [0, 0.05) is 19.6 Å². The van der Waals surface area contributed by atoms with E-state index in [-0.39, 0.29) is 6.54 Å². The summed E-state index contributed by atoms with van der Waals surface area (Å²) in [7, 11) is 2.48.